The summed E-state index contributed by atoms with van der Waals surface area (Å²) < 4.78 is 44.8. The van der Waals surface area contributed by atoms with Crippen molar-refractivity contribution in [2.75, 3.05) is 7.11 Å². The van der Waals surface area contributed by atoms with Crippen molar-refractivity contribution < 1.29 is 17.9 Å². The maximum absolute atomic E-state index is 12.9. The van der Waals surface area contributed by atoms with Gasteiger partial charge in [0.2, 0.25) is 5.82 Å². The van der Waals surface area contributed by atoms with Gasteiger partial charge in [-0.1, -0.05) is 18.2 Å². The molecule has 108 valence electrons. The molecule has 21 heavy (non-hydrogen) atoms. The van der Waals surface area contributed by atoms with Gasteiger partial charge in [0, 0.05) is 6.20 Å². The molecule has 1 aromatic carbocycles. The second kappa shape index (κ2) is 4.80. The van der Waals surface area contributed by atoms with Crippen molar-refractivity contribution in [3.63, 3.8) is 0 Å². The summed E-state index contributed by atoms with van der Waals surface area (Å²) in [7, 11) is 1.56. The standard InChI is InChI=1S/C15H11F3N2O/c1-21-13-6-3-10(4-7-13)11-2-5-12-8-19-14(15(16,17)18)20(12)9-11/h2-9H,1H3. The third kappa shape index (κ3) is 2.44. The molecule has 2 aromatic heterocycles. The monoisotopic (exact) mass is 292 g/mol. The van der Waals surface area contributed by atoms with Gasteiger partial charge in [-0.3, -0.25) is 4.40 Å². The molecule has 0 unspecified atom stereocenters. The number of pyridine rings is 1. The van der Waals surface area contributed by atoms with Crippen molar-refractivity contribution in [2.45, 2.75) is 6.18 Å². The molecular formula is C15H11F3N2O. The highest BCUT2D eigenvalue weighted by Crippen LogP contribution is 2.30. The van der Waals surface area contributed by atoms with E-state index in [0.717, 1.165) is 9.96 Å². The number of hydrogen-bond acceptors (Lipinski definition) is 2. The predicted molar refractivity (Wildman–Crippen MR) is 72.2 cm³/mol. The number of benzene rings is 1. The molecule has 0 aliphatic carbocycles. The third-order valence-electron chi connectivity index (χ3n) is 3.20. The van der Waals surface area contributed by atoms with Crippen LogP contribution in [0.25, 0.3) is 16.6 Å². The Kier molecular flexibility index (Phi) is 3.08. The summed E-state index contributed by atoms with van der Waals surface area (Å²) in [5, 5.41) is 0. The summed E-state index contributed by atoms with van der Waals surface area (Å²) >= 11 is 0. The lowest BCUT2D eigenvalue weighted by Gasteiger charge is -2.08. The van der Waals surface area contributed by atoms with E-state index in [4.69, 9.17) is 4.74 Å². The second-order valence-electron chi connectivity index (χ2n) is 4.52. The SMILES string of the molecule is COc1ccc(-c2ccc3cnc(C(F)(F)F)n3c2)cc1. The first-order valence-electron chi connectivity index (χ1n) is 6.18. The van der Waals surface area contributed by atoms with Crippen LogP contribution in [0.5, 0.6) is 5.75 Å². The van der Waals surface area contributed by atoms with Gasteiger partial charge in [-0.05, 0) is 29.3 Å². The van der Waals surface area contributed by atoms with Crippen LogP contribution in [0.15, 0.2) is 48.8 Å². The fraction of sp³-hybridized carbons (Fsp3) is 0.133. The Labute approximate surface area is 118 Å². The van der Waals surface area contributed by atoms with E-state index >= 15 is 0 Å². The molecule has 3 rings (SSSR count). The highest BCUT2D eigenvalue weighted by atomic mass is 19.4. The molecule has 3 nitrogen and oxygen atoms in total. The maximum Gasteiger partial charge on any atom is 0.450 e. The normalized spacial score (nSPS) is 11.8. The first kappa shape index (κ1) is 13.5. The number of halogens is 3. The summed E-state index contributed by atoms with van der Waals surface area (Å²) in [4.78, 5) is 3.45. The van der Waals surface area contributed by atoms with Crippen molar-refractivity contribution in [1.29, 1.82) is 0 Å². The zero-order valence-electron chi connectivity index (χ0n) is 11.1. The number of rotatable bonds is 2. The molecule has 0 amide bonds. The lowest BCUT2D eigenvalue weighted by molar-refractivity contribution is -0.145. The number of methoxy groups -OCH3 is 1. The van der Waals surface area contributed by atoms with Gasteiger partial charge in [-0.25, -0.2) is 4.98 Å². The summed E-state index contributed by atoms with van der Waals surface area (Å²) in [5.74, 6) is -0.230. The highest BCUT2D eigenvalue weighted by molar-refractivity contribution is 5.66. The lowest BCUT2D eigenvalue weighted by atomic mass is 10.1. The lowest BCUT2D eigenvalue weighted by Crippen LogP contribution is -2.10. The van der Waals surface area contributed by atoms with Gasteiger partial charge in [-0.2, -0.15) is 13.2 Å². The molecule has 0 saturated heterocycles. The summed E-state index contributed by atoms with van der Waals surface area (Å²) in [6.45, 7) is 0. The second-order valence-corrected chi connectivity index (χ2v) is 4.52. The van der Waals surface area contributed by atoms with E-state index in [1.807, 2.05) is 0 Å². The molecule has 0 atom stereocenters. The molecule has 0 N–H and O–H groups in total. The minimum absolute atomic E-state index is 0.402. The van der Waals surface area contributed by atoms with Crippen LogP contribution in [0.1, 0.15) is 5.82 Å². The number of imidazole rings is 1. The van der Waals surface area contributed by atoms with Gasteiger partial charge in [0.15, 0.2) is 0 Å². The van der Waals surface area contributed by atoms with Crippen LogP contribution < -0.4 is 4.74 Å². The Morgan fingerprint density at radius 2 is 1.67 bits per heavy atom. The molecule has 0 spiro atoms. The van der Waals surface area contributed by atoms with Crippen LogP contribution in [-0.4, -0.2) is 16.5 Å². The fourth-order valence-corrected chi connectivity index (χ4v) is 2.15. The van der Waals surface area contributed by atoms with Crippen LogP contribution in [0.3, 0.4) is 0 Å². The number of hydrogen-bond donors (Lipinski definition) is 0. The van der Waals surface area contributed by atoms with Gasteiger partial charge in [0.25, 0.3) is 0 Å². The fourth-order valence-electron chi connectivity index (χ4n) is 2.15. The first-order chi connectivity index (χ1) is 9.99. The van der Waals surface area contributed by atoms with Crippen LogP contribution in [0, 0.1) is 0 Å². The van der Waals surface area contributed by atoms with E-state index in [2.05, 4.69) is 4.98 Å². The van der Waals surface area contributed by atoms with Gasteiger partial charge in [0.05, 0.1) is 18.8 Å². The number of alkyl halides is 3. The van der Waals surface area contributed by atoms with Crippen LogP contribution in [0.4, 0.5) is 13.2 Å². The molecule has 0 aliphatic rings. The number of nitrogens with zero attached hydrogens (tertiary/aromatic N) is 2. The zero-order valence-corrected chi connectivity index (χ0v) is 11.1. The molecule has 6 heteroatoms. The van der Waals surface area contributed by atoms with Gasteiger partial charge >= 0.3 is 6.18 Å². The van der Waals surface area contributed by atoms with E-state index in [1.165, 1.54) is 12.4 Å². The molecule has 0 saturated carbocycles. The quantitative estimate of drug-likeness (QED) is 0.713. The van der Waals surface area contributed by atoms with Crippen LogP contribution >= 0.6 is 0 Å². The number of aromatic nitrogens is 2. The number of ether oxygens (including phenoxy) is 1. The Morgan fingerprint density at radius 3 is 2.29 bits per heavy atom. The van der Waals surface area contributed by atoms with E-state index in [0.29, 0.717) is 16.8 Å². The molecule has 0 fully saturated rings. The molecule has 0 bridgehead atoms. The molecular weight excluding hydrogens is 281 g/mol. The van der Waals surface area contributed by atoms with Crippen molar-refractivity contribution in [3.8, 4) is 16.9 Å². The van der Waals surface area contributed by atoms with Crippen molar-refractivity contribution in [2.24, 2.45) is 0 Å². The Morgan fingerprint density at radius 1 is 1.00 bits per heavy atom. The first-order valence-corrected chi connectivity index (χ1v) is 6.18. The number of fused-ring (bicyclic) bond motifs is 1. The molecule has 2 heterocycles. The average Bonchev–Trinajstić information content (AvgIpc) is 2.90. The molecule has 0 radical (unpaired) electrons. The molecule has 3 aromatic rings. The van der Waals surface area contributed by atoms with Crippen LogP contribution in [-0.2, 0) is 6.18 Å². The Balaban J connectivity index is 2.11. The summed E-state index contributed by atoms with van der Waals surface area (Å²) in [5.41, 5.74) is 1.88. The van der Waals surface area contributed by atoms with Gasteiger partial charge in [0.1, 0.15) is 5.75 Å². The Hall–Kier alpha value is -2.50. The average molecular weight is 292 g/mol. The van der Waals surface area contributed by atoms with Crippen molar-refractivity contribution >= 4 is 5.52 Å². The smallest absolute Gasteiger partial charge is 0.450 e. The minimum Gasteiger partial charge on any atom is -0.497 e. The maximum atomic E-state index is 12.9. The Bertz CT molecular complexity index is 776. The van der Waals surface area contributed by atoms with E-state index in [1.54, 1.807) is 43.5 Å². The zero-order chi connectivity index (χ0) is 15.0. The van der Waals surface area contributed by atoms with Gasteiger partial charge in [-0.15, -0.1) is 0 Å². The van der Waals surface area contributed by atoms with Crippen molar-refractivity contribution in [3.05, 3.63) is 54.6 Å². The highest BCUT2D eigenvalue weighted by Gasteiger charge is 2.35. The topological polar surface area (TPSA) is 26.5 Å². The van der Waals surface area contributed by atoms with Crippen LogP contribution in [0.2, 0.25) is 0 Å². The van der Waals surface area contributed by atoms with E-state index in [9.17, 15) is 13.2 Å². The summed E-state index contributed by atoms with van der Waals surface area (Å²) in [6.07, 6.45) is -1.83. The van der Waals surface area contributed by atoms with Crippen molar-refractivity contribution in [1.82, 2.24) is 9.38 Å². The minimum atomic E-state index is -4.48. The van der Waals surface area contributed by atoms with Gasteiger partial charge < -0.3 is 4.74 Å². The van der Waals surface area contributed by atoms with E-state index in [-0.39, 0.29) is 0 Å². The predicted octanol–water partition coefficient (Wildman–Crippen LogP) is 4.03. The third-order valence-corrected chi connectivity index (χ3v) is 3.20. The molecule has 0 aliphatic heterocycles. The van der Waals surface area contributed by atoms with E-state index < -0.39 is 12.0 Å². The summed E-state index contributed by atoms with van der Waals surface area (Å²) in [6, 6.07) is 10.5. The largest absolute Gasteiger partial charge is 0.497 e.